The van der Waals surface area contributed by atoms with E-state index in [2.05, 4.69) is 47.4 Å². The number of aliphatic carboxylic acids is 1. The Labute approximate surface area is 160 Å². The number of benzene rings is 1. The number of unbranched alkanes of at least 4 members (excludes halogenated alkanes) is 1. The first-order chi connectivity index (χ1) is 13.2. The molecule has 0 aliphatic rings. The Morgan fingerprint density at radius 2 is 1.44 bits per heavy atom. The van der Waals surface area contributed by atoms with Crippen LogP contribution in [0.4, 0.5) is 0 Å². The Hall–Kier alpha value is -3.78. The third-order valence-corrected chi connectivity index (χ3v) is 3.02. The van der Waals surface area contributed by atoms with Gasteiger partial charge in [0, 0.05) is 12.8 Å². The van der Waals surface area contributed by atoms with E-state index in [0.717, 1.165) is 0 Å². The van der Waals surface area contributed by atoms with Crippen LogP contribution in [0.3, 0.4) is 0 Å². The SMILES string of the molecule is N#Cc1ccc(OCC#CCC#CCC#CCC#CCCCC(=O)O)cc1. The summed E-state index contributed by atoms with van der Waals surface area (Å²) in [4.78, 5) is 10.3. The molecule has 0 saturated heterocycles. The van der Waals surface area contributed by atoms with Gasteiger partial charge in [-0.15, -0.1) is 5.92 Å². The summed E-state index contributed by atoms with van der Waals surface area (Å²) >= 11 is 0. The molecule has 0 atom stereocenters. The highest BCUT2D eigenvalue weighted by atomic mass is 16.5. The third kappa shape index (κ3) is 12.3. The van der Waals surface area contributed by atoms with Crippen molar-refractivity contribution in [2.24, 2.45) is 0 Å². The second-order valence-electron chi connectivity index (χ2n) is 5.12. The zero-order valence-electron chi connectivity index (χ0n) is 15.0. The van der Waals surface area contributed by atoms with E-state index in [1.807, 2.05) is 6.07 Å². The quantitative estimate of drug-likeness (QED) is 0.648. The molecule has 1 aromatic rings. The lowest BCUT2D eigenvalue weighted by Gasteiger charge is -2.00. The molecule has 0 heterocycles. The fraction of sp³-hybridized carbons (Fsp3) is 0.304. The first-order valence-corrected chi connectivity index (χ1v) is 8.40. The summed E-state index contributed by atoms with van der Waals surface area (Å²) < 4.78 is 5.43. The maximum Gasteiger partial charge on any atom is 0.303 e. The number of ether oxygens (including phenoxy) is 1. The minimum absolute atomic E-state index is 0.153. The van der Waals surface area contributed by atoms with Crippen LogP contribution in [0.1, 0.15) is 44.1 Å². The standard InChI is InChI=1S/C23H19NO3/c24-20-21-15-17-22(18-16-21)27-19-13-11-9-7-5-3-1-2-4-6-8-10-12-14-23(25)26/h15-18H,3-4,9-10,12,14,19H2,(H,25,26). The fourth-order valence-electron chi connectivity index (χ4n) is 1.72. The zero-order valence-corrected chi connectivity index (χ0v) is 15.0. The van der Waals surface area contributed by atoms with Crippen molar-refractivity contribution in [3.63, 3.8) is 0 Å². The average molecular weight is 357 g/mol. The van der Waals surface area contributed by atoms with E-state index < -0.39 is 5.97 Å². The molecule has 4 heteroatoms. The Balaban J connectivity index is 2.11. The molecular weight excluding hydrogens is 338 g/mol. The van der Waals surface area contributed by atoms with E-state index in [1.54, 1.807) is 24.3 Å². The molecular formula is C23H19NO3. The molecule has 0 fully saturated rings. The van der Waals surface area contributed by atoms with Crippen molar-refractivity contribution in [3.8, 4) is 59.2 Å². The van der Waals surface area contributed by atoms with Gasteiger partial charge in [-0.3, -0.25) is 4.79 Å². The van der Waals surface area contributed by atoms with Gasteiger partial charge < -0.3 is 9.84 Å². The number of nitriles is 1. The van der Waals surface area contributed by atoms with Gasteiger partial charge in [0.25, 0.3) is 0 Å². The Morgan fingerprint density at radius 1 is 0.889 bits per heavy atom. The molecule has 1 rings (SSSR count). The molecule has 0 aliphatic carbocycles. The summed E-state index contributed by atoms with van der Waals surface area (Å²) in [5, 5.41) is 17.2. The topological polar surface area (TPSA) is 70.3 Å². The average Bonchev–Trinajstić information content (AvgIpc) is 2.68. The molecule has 4 nitrogen and oxygen atoms in total. The van der Waals surface area contributed by atoms with Crippen molar-refractivity contribution in [1.29, 1.82) is 5.26 Å². The largest absolute Gasteiger partial charge is 0.481 e. The smallest absolute Gasteiger partial charge is 0.303 e. The minimum atomic E-state index is -0.793. The Kier molecular flexibility index (Phi) is 11.5. The van der Waals surface area contributed by atoms with Gasteiger partial charge in [0.15, 0.2) is 0 Å². The van der Waals surface area contributed by atoms with Gasteiger partial charge in [-0.1, -0.05) is 41.4 Å². The van der Waals surface area contributed by atoms with Gasteiger partial charge in [0.05, 0.1) is 30.9 Å². The van der Waals surface area contributed by atoms with Crippen molar-refractivity contribution in [3.05, 3.63) is 29.8 Å². The first kappa shape index (κ1) is 21.3. The summed E-state index contributed by atoms with van der Waals surface area (Å²) in [6.45, 7) is 0.276. The zero-order chi connectivity index (χ0) is 19.6. The molecule has 0 saturated carbocycles. The van der Waals surface area contributed by atoms with Gasteiger partial charge in [0.1, 0.15) is 12.4 Å². The predicted octanol–water partition coefficient (Wildman–Crippen LogP) is 3.38. The van der Waals surface area contributed by atoms with Crippen molar-refractivity contribution in [2.75, 3.05) is 6.61 Å². The van der Waals surface area contributed by atoms with Crippen LogP contribution < -0.4 is 4.74 Å². The highest BCUT2D eigenvalue weighted by molar-refractivity contribution is 5.66. The molecule has 134 valence electrons. The second-order valence-corrected chi connectivity index (χ2v) is 5.12. The maximum atomic E-state index is 10.3. The first-order valence-electron chi connectivity index (χ1n) is 8.40. The molecule has 0 amide bonds. The highest BCUT2D eigenvalue weighted by Gasteiger charge is 1.93. The van der Waals surface area contributed by atoms with Gasteiger partial charge in [-0.25, -0.2) is 0 Å². The van der Waals surface area contributed by atoms with E-state index >= 15 is 0 Å². The Morgan fingerprint density at radius 3 is 2.00 bits per heavy atom. The van der Waals surface area contributed by atoms with Crippen LogP contribution in [0.2, 0.25) is 0 Å². The molecule has 0 spiro atoms. The Bertz CT molecular complexity index is 892. The summed E-state index contributed by atoms with van der Waals surface area (Å²) in [5.41, 5.74) is 0.592. The van der Waals surface area contributed by atoms with E-state index in [-0.39, 0.29) is 13.0 Å². The van der Waals surface area contributed by atoms with E-state index in [1.165, 1.54) is 0 Å². The van der Waals surface area contributed by atoms with Crippen LogP contribution >= 0.6 is 0 Å². The van der Waals surface area contributed by atoms with Crippen molar-refractivity contribution in [2.45, 2.75) is 38.5 Å². The molecule has 0 radical (unpaired) electrons. The molecule has 1 aromatic carbocycles. The number of nitrogens with zero attached hydrogens (tertiary/aromatic N) is 1. The van der Waals surface area contributed by atoms with Crippen LogP contribution in [0, 0.1) is 58.7 Å². The second kappa shape index (κ2) is 14.6. The lowest BCUT2D eigenvalue weighted by Crippen LogP contribution is -1.93. The molecule has 0 bridgehead atoms. The summed E-state index contributed by atoms with van der Waals surface area (Å²) in [7, 11) is 0. The van der Waals surface area contributed by atoms with Crippen molar-refractivity contribution < 1.29 is 14.6 Å². The molecule has 27 heavy (non-hydrogen) atoms. The van der Waals surface area contributed by atoms with Crippen LogP contribution in [0.5, 0.6) is 5.75 Å². The van der Waals surface area contributed by atoms with Gasteiger partial charge in [-0.05, 0) is 30.7 Å². The number of carboxylic acid groups (broad SMARTS) is 1. The number of rotatable bonds is 5. The van der Waals surface area contributed by atoms with E-state index in [4.69, 9.17) is 15.1 Å². The van der Waals surface area contributed by atoms with Gasteiger partial charge in [-0.2, -0.15) is 5.26 Å². The van der Waals surface area contributed by atoms with Crippen LogP contribution in [-0.2, 0) is 4.79 Å². The van der Waals surface area contributed by atoms with Crippen LogP contribution in [0.25, 0.3) is 0 Å². The monoisotopic (exact) mass is 357 g/mol. The third-order valence-electron chi connectivity index (χ3n) is 3.02. The summed E-state index contributed by atoms with van der Waals surface area (Å²) in [6, 6.07) is 8.91. The fourth-order valence-corrected chi connectivity index (χ4v) is 1.72. The van der Waals surface area contributed by atoms with Crippen LogP contribution in [-0.4, -0.2) is 17.7 Å². The van der Waals surface area contributed by atoms with E-state index in [0.29, 0.717) is 43.4 Å². The number of carboxylic acids is 1. The van der Waals surface area contributed by atoms with Crippen molar-refractivity contribution in [1.82, 2.24) is 0 Å². The van der Waals surface area contributed by atoms with Gasteiger partial charge >= 0.3 is 5.97 Å². The van der Waals surface area contributed by atoms with E-state index in [9.17, 15) is 4.79 Å². The normalized spacial score (nSPS) is 8.11. The molecule has 0 aromatic heterocycles. The van der Waals surface area contributed by atoms with Crippen molar-refractivity contribution >= 4 is 5.97 Å². The number of hydrogen-bond donors (Lipinski definition) is 1. The maximum absolute atomic E-state index is 10.3. The summed E-state index contributed by atoms with van der Waals surface area (Å²) in [5.74, 6) is 23.1. The molecule has 1 N–H and O–H groups in total. The van der Waals surface area contributed by atoms with Crippen LogP contribution in [0.15, 0.2) is 24.3 Å². The van der Waals surface area contributed by atoms with Gasteiger partial charge in [0.2, 0.25) is 0 Å². The summed E-state index contributed by atoms with van der Waals surface area (Å²) in [6.07, 6.45) is 2.72. The molecule has 0 unspecified atom stereocenters. The lowest BCUT2D eigenvalue weighted by molar-refractivity contribution is -0.137. The number of hydrogen-bond acceptors (Lipinski definition) is 3. The minimum Gasteiger partial charge on any atom is -0.481 e. The number of carbonyl (C=O) groups is 1. The predicted molar refractivity (Wildman–Crippen MR) is 103 cm³/mol. The highest BCUT2D eigenvalue weighted by Crippen LogP contribution is 2.10. The molecule has 0 aliphatic heterocycles. The lowest BCUT2D eigenvalue weighted by atomic mass is 10.2.